The molecule has 0 fully saturated rings. The van der Waals surface area contributed by atoms with Gasteiger partial charge in [0.05, 0.1) is 11.5 Å². The minimum absolute atomic E-state index is 0.0378. The number of ether oxygens (including phenoxy) is 2. The van der Waals surface area contributed by atoms with Gasteiger partial charge in [0.1, 0.15) is 5.75 Å². The average Bonchev–Trinajstić information content (AvgIpc) is 2.97. The number of hydrogen-bond donors (Lipinski definition) is 1. The van der Waals surface area contributed by atoms with Gasteiger partial charge >= 0.3 is 0 Å². The largest absolute Gasteiger partial charge is 0.467 e. The molecular weight excluding hydrogens is 364 g/mol. The number of thioether (sulfide) groups is 1. The van der Waals surface area contributed by atoms with Gasteiger partial charge in [-0.25, -0.2) is 0 Å². The lowest BCUT2D eigenvalue weighted by molar-refractivity contribution is -0.385. The summed E-state index contributed by atoms with van der Waals surface area (Å²) in [5.41, 5.74) is 1.41. The molecule has 0 bridgehead atoms. The number of nitro groups is 1. The number of fused-ring (bicyclic) bond motifs is 1. The van der Waals surface area contributed by atoms with Crippen LogP contribution in [0.15, 0.2) is 16.5 Å². The number of non-ortho nitro benzene ring substituents is 1. The van der Waals surface area contributed by atoms with E-state index in [0.717, 1.165) is 15.0 Å². The smallest absolute Gasteiger partial charge is 0.270 e. The fraction of sp³-hybridized carbons (Fsp3) is 0.467. The van der Waals surface area contributed by atoms with Crippen LogP contribution in [0.25, 0.3) is 0 Å². The molecule has 0 atom stereocenters. The van der Waals surface area contributed by atoms with Crippen LogP contribution in [0.1, 0.15) is 31.9 Å². The van der Waals surface area contributed by atoms with Crippen molar-refractivity contribution < 1.29 is 14.4 Å². The number of hydrogen-bond acceptors (Lipinski definition) is 9. The van der Waals surface area contributed by atoms with Crippen molar-refractivity contribution in [3.05, 3.63) is 33.4 Å². The van der Waals surface area contributed by atoms with Crippen LogP contribution in [-0.4, -0.2) is 27.5 Å². The van der Waals surface area contributed by atoms with Crippen LogP contribution >= 0.6 is 23.1 Å². The van der Waals surface area contributed by atoms with Gasteiger partial charge in [0, 0.05) is 34.6 Å². The Bertz CT molecular complexity index is 788. The Morgan fingerprint density at radius 1 is 1.40 bits per heavy atom. The molecule has 0 spiro atoms. The summed E-state index contributed by atoms with van der Waals surface area (Å²) in [6.45, 7) is 6.62. The Kier molecular flexibility index (Phi) is 5.11. The highest BCUT2D eigenvalue weighted by molar-refractivity contribution is 8.00. The molecular formula is C15H18N4O4S2. The fourth-order valence-electron chi connectivity index (χ4n) is 2.27. The van der Waals surface area contributed by atoms with Gasteiger partial charge in [-0.3, -0.25) is 10.1 Å². The number of nitrogens with one attached hydrogen (secondary N) is 1. The summed E-state index contributed by atoms with van der Waals surface area (Å²) in [7, 11) is 0. The van der Waals surface area contributed by atoms with E-state index in [0.29, 0.717) is 23.7 Å². The van der Waals surface area contributed by atoms with Crippen molar-refractivity contribution >= 4 is 33.9 Å². The van der Waals surface area contributed by atoms with Gasteiger partial charge in [0.25, 0.3) is 5.69 Å². The molecule has 0 amide bonds. The molecule has 3 rings (SSSR count). The normalized spacial score (nSPS) is 13.9. The minimum Gasteiger partial charge on any atom is -0.467 e. The summed E-state index contributed by atoms with van der Waals surface area (Å²) >= 11 is 2.93. The van der Waals surface area contributed by atoms with E-state index in [4.69, 9.17) is 9.47 Å². The van der Waals surface area contributed by atoms with Crippen LogP contribution in [0.2, 0.25) is 0 Å². The average molecular weight is 382 g/mol. The Morgan fingerprint density at radius 2 is 2.20 bits per heavy atom. The zero-order valence-corrected chi connectivity index (χ0v) is 15.7. The van der Waals surface area contributed by atoms with Crippen molar-refractivity contribution in [2.45, 2.75) is 43.0 Å². The van der Waals surface area contributed by atoms with Gasteiger partial charge in [-0.05, 0) is 20.8 Å². The second-order valence-electron chi connectivity index (χ2n) is 6.50. The van der Waals surface area contributed by atoms with Crippen molar-refractivity contribution in [3.8, 4) is 5.75 Å². The second-order valence-corrected chi connectivity index (χ2v) is 8.70. The minimum atomic E-state index is -0.403. The summed E-state index contributed by atoms with van der Waals surface area (Å²) in [5, 5.41) is 23.4. The van der Waals surface area contributed by atoms with Crippen LogP contribution in [0.3, 0.4) is 0 Å². The molecule has 8 nitrogen and oxygen atoms in total. The van der Waals surface area contributed by atoms with E-state index in [-0.39, 0.29) is 18.0 Å². The summed E-state index contributed by atoms with van der Waals surface area (Å²) < 4.78 is 11.6. The van der Waals surface area contributed by atoms with Crippen LogP contribution in [0, 0.1) is 10.1 Å². The summed E-state index contributed by atoms with van der Waals surface area (Å²) in [4.78, 5) is 10.7. The maximum Gasteiger partial charge on any atom is 0.270 e. The lowest BCUT2D eigenvalue weighted by Crippen LogP contribution is -2.25. The van der Waals surface area contributed by atoms with Crippen molar-refractivity contribution in [3.63, 3.8) is 0 Å². The molecule has 0 unspecified atom stereocenters. The first-order chi connectivity index (χ1) is 11.8. The summed E-state index contributed by atoms with van der Waals surface area (Å²) in [5.74, 6) is 1.18. The van der Waals surface area contributed by atoms with Crippen molar-refractivity contribution in [1.29, 1.82) is 0 Å². The lowest BCUT2D eigenvalue weighted by atomic mass is 10.1. The Labute approximate surface area is 153 Å². The van der Waals surface area contributed by atoms with Gasteiger partial charge in [0.15, 0.2) is 11.1 Å². The van der Waals surface area contributed by atoms with E-state index >= 15 is 0 Å². The quantitative estimate of drug-likeness (QED) is 0.473. The molecule has 0 saturated carbocycles. The third kappa shape index (κ3) is 4.59. The van der Waals surface area contributed by atoms with E-state index in [1.54, 1.807) is 6.07 Å². The third-order valence-corrected chi connectivity index (χ3v) is 5.24. The Morgan fingerprint density at radius 3 is 2.92 bits per heavy atom. The summed E-state index contributed by atoms with van der Waals surface area (Å²) in [6.07, 6.45) is 0. The molecule has 2 aromatic rings. The maximum absolute atomic E-state index is 11.1. The second kappa shape index (κ2) is 7.14. The molecule has 1 aromatic heterocycles. The molecule has 0 radical (unpaired) electrons. The predicted octanol–water partition coefficient (Wildman–Crippen LogP) is 3.82. The number of benzene rings is 1. The Balaban J connectivity index is 1.76. The molecule has 0 aliphatic carbocycles. The van der Waals surface area contributed by atoms with Crippen LogP contribution in [0.4, 0.5) is 10.8 Å². The first kappa shape index (κ1) is 17.9. The standard InChI is InChI=1S/C15H18N4O4S2/c1-15(2,3)16-13-17-18-14(25-13)24-7-10-5-11(19(20)21)4-9-6-22-8-23-12(9)10/h4-5H,6-8H2,1-3H3,(H,16,17). The predicted molar refractivity (Wildman–Crippen MR) is 96.2 cm³/mol. The first-order valence-electron chi connectivity index (χ1n) is 7.57. The number of nitro benzene ring substituents is 1. The Hall–Kier alpha value is -1.91. The maximum atomic E-state index is 11.1. The van der Waals surface area contributed by atoms with Crippen molar-refractivity contribution in [2.75, 3.05) is 12.1 Å². The molecule has 2 heterocycles. The molecule has 134 valence electrons. The zero-order valence-electron chi connectivity index (χ0n) is 14.1. The first-order valence-corrected chi connectivity index (χ1v) is 9.37. The third-order valence-electron chi connectivity index (χ3n) is 3.22. The van der Waals surface area contributed by atoms with E-state index < -0.39 is 4.92 Å². The van der Waals surface area contributed by atoms with E-state index in [9.17, 15) is 10.1 Å². The molecule has 25 heavy (non-hydrogen) atoms. The van der Waals surface area contributed by atoms with Crippen LogP contribution in [0.5, 0.6) is 5.75 Å². The topological polar surface area (TPSA) is 99.4 Å². The van der Waals surface area contributed by atoms with E-state index in [1.807, 2.05) is 0 Å². The van der Waals surface area contributed by atoms with Crippen molar-refractivity contribution in [1.82, 2.24) is 10.2 Å². The molecule has 1 aromatic carbocycles. The van der Waals surface area contributed by atoms with Crippen LogP contribution in [-0.2, 0) is 17.1 Å². The molecule has 1 N–H and O–H groups in total. The molecule has 1 aliphatic heterocycles. The highest BCUT2D eigenvalue weighted by Gasteiger charge is 2.21. The van der Waals surface area contributed by atoms with Crippen LogP contribution < -0.4 is 10.1 Å². The molecule has 10 heteroatoms. The van der Waals surface area contributed by atoms with Gasteiger partial charge in [-0.15, -0.1) is 10.2 Å². The van der Waals surface area contributed by atoms with Gasteiger partial charge < -0.3 is 14.8 Å². The fourth-order valence-corrected chi connectivity index (χ4v) is 4.20. The van der Waals surface area contributed by atoms with Gasteiger partial charge in [-0.2, -0.15) is 0 Å². The van der Waals surface area contributed by atoms with Gasteiger partial charge in [-0.1, -0.05) is 23.1 Å². The monoisotopic (exact) mass is 382 g/mol. The molecule has 1 aliphatic rings. The van der Waals surface area contributed by atoms with Crippen molar-refractivity contribution in [2.24, 2.45) is 0 Å². The number of rotatable bonds is 5. The number of nitrogens with zero attached hydrogens (tertiary/aromatic N) is 3. The highest BCUT2D eigenvalue weighted by atomic mass is 32.2. The van der Waals surface area contributed by atoms with Gasteiger partial charge in [0.2, 0.25) is 5.13 Å². The zero-order chi connectivity index (χ0) is 18.0. The number of anilines is 1. The van der Waals surface area contributed by atoms with E-state index in [2.05, 4.69) is 36.3 Å². The van der Waals surface area contributed by atoms with E-state index in [1.165, 1.54) is 29.2 Å². The summed E-state index contributed by atoms with van der Waals surface area (Å²) in [6, 6.07) is 3.05. The molecule has 0 saturated heterocycles. The SMILES string of the molecule is CC(C)(C)Nc1nnc(SCc2cc([N+](=O)[O-])cc3c2OCOC3)s1. The number of aromatic nitrogens is 2. The lowest BCUT2D eigenvalue weighted by Gasteiger charge is -2.20. The highest BCUT2D eigenvalue weighted by Crippen LogP contribution is 2.37.